The van der Waals surface area contributed by atoms with Gasteiger partial charge < -0.3 is 10.2 Å². The highest BCUT2D eigenvalue weighted by atomic mass is 79.9. The van der Waals surface area contributed by atoms with Crippen molar-refractivity contribution in [3.05, 3.63) is 101 Å². The second kappa shape index (κ2) is 9.14. The van der Waals surface area contributed by atoms with Crippen molar-refractivity contribution in [3.8, 4) is 0 Å². The topological polar surface area (TPSA) is 49.4 Å². The number of nitrogens with zero attached hydrogens (tertiary/aromatic N) is 1. The minimum atomic E-state index is -0.659. The van der Waals surface area contributed by atoms with Gasteiger partial charge in [0.1, 0.15) is 0 Å². The Balaban J connectivity index is 1.79. The van der Waals surface area contributed by atoms with Crippen molar-refractivity contribution in [2.45, 2.75) is 13.1 Å². The average Bonchev–Trinajstić information content (AvgIpc) is 2.70. The summed E-state index contributed by atoms with van der Waals surface area (Å²) < 4.78 is 0.726. The zero-order valence-electron chi connectivity index (χ0n) is 14.6. The van der Waals surface area contributed by atoms with Gasteiger partial charge in [0, 0.05) is 17.6 Å². The van der Waals surface area contributed by atoms with E-state index in [1.165, 1.54) is 0 Å². The van der Waals surface area contributed by atoms with Crippen LogP contribution in [0.25, 0.3) is 0 Å². The van der Waals surface area contributed by atoms with Crippen molar-refractivity contribution in [1.82, 2.24) is 4.90 Å². The summed E-state index contributed by atoms with van der Waals surface area (Å²) in [7, 11) is 0. The van der Waals surface area contributed by atoms with Crippen molar-refractivity contribution in [2.24, 2.45) is 0 Å². The Morgan fingerprint density at radius 3 is 1.74 bits per heavy atom. The standard InChI is InChI=1S/C22H19BrN2O2/c23-19-13-7-8-14-20(19)24-21(26)22(27)25(15-17-9-3-1-4-10-17)16-18-11-5-2-6-12-18/h1-14H,15-16H2,(H,24,26). The zero-order chi connectivity index (χ0) is 19.1. The highest BCUT2D eigenvalue weighted by molar-refractivity contribution is 9.10. The molecule has 0 bridgehead atoms. The van der Waals surface area contributed by atoms with Crippen LogP contribution < -0.4 is 5.32 Å². The predicted octanol–water partition coefficient (Wildman–Crippen LogP) is 4.62. The van der Waals surface area contributed by atoms with Gasteiger partial charge in [0.15, 0.2) is 0 Å². The van der Waals surface area contributed by atoms with Crippen LogP contribution >= 0.6 is 15.9 Å². The molecule has 3 aromatic carbocycles. The number of carbonyl (C=O) groups is 2. The lowest BCUT2D eigenvalue weighted by atomic mass is 10.1. The number of amides is 2. The molecule has 0 heterocycles. The predicted molar refractivity (Wildman–Crippen MR) is 110 cm³/mol. The summed E-state index contributed by atoms with van der Waals surface area (Å²) in [6.07, 6.45) is 0. The molecule has 0 spiro atoms. The van der Waals surface area contributed by atoms with E-state index < -0.39 is 11.8 Å². The molecule has 27 heavy (non-hydrogen) atoms. The van der Waals surface area contributed by atoms with E-state index in [1.54, 1.807) is 17.0 Å². The average molecular weight is 423 g/mol. The number of halogens is 1. The third-order valence-electron chi connectivity index (χ3n) is 4.04. The van der Waals surface area contributed by atoms with E-state index in [0.717, 1.165) is 15.6 Å². The largest absolute Gasteiger partial charge is 0.326 e. The van der Waals surface area contributed by atoms with Gasteiger partial charge in [-0.25, -0.2) is 0 Å². The first kappa shape index (κ1) is 18.9. The van der Waals surface area contributed by atoms with Crippen LogP contribution in [-0.2, 0) is 22.7 Å². The van der Waals surface area contributed by atoms with Gasteiger partial charge in [-0.2, -0.15) is 0 Å². The monoisotopic (exact) mass is 422 g/mol. The van der Waals surface area contributed by atoms with Crippen molar-refractivity contribution < 1.29 is 9.59 Å². The van der Waals surface area contributed by atoms with Gasteiger partial charge in [0.2, 0.25) is 0 Å². The number of carbonyl (C=O) groups excluding carboxylic acids is 2. The summed E-state index contributed by atoms with van der Waals surface area (Å²) in [6, 6.07) is 26.5. The number of anilines is 1. The first-order valence-corrected chi connectivity index (χ1v) is 9.35. The van der Waals surface area contributed by atoms with Gasteiger partial charge in [-0.05, 0) is 39.2 Å². The molecule has 0 aliphatic carbocycles. The van der Waals surface area contributed by atoms with E-state index in [-0.39, 0.29) is 0 Å². The Labute approximate surface area is 167 Å². The van der Waals surface area contributed by atoms with E-state index in [2.05, 4.69) is 21.2 Å². The number of benzene rings is 3. The number of hydrogen-bond acceptors (Lipinski definition) is 2. The SMILES string of the molecule is O=C(Nc1ccccc1Br)C(=O)N(Cc1ccccc1)Cc1ccccc1. The lowest BCUT2D eigenvalue weighted by Gasteiger charge is -2.22. The maximum Gasteiger partial charge on any atom is 0.313 e. The molecule has 0 aliphatic rings. The van der Waals surface area contributed by atoms with Crippen molar-refractivity contribution in [2.75, 3.05) is 5.32 Å². The molecule has 2 amide bonds. The van der Waals surface area contributed by atoms with Gasteiger partial charge in [0.05, 0.1) is 5.69 Å². The van der Waals surface area contributed by atoms with Gasteiger partial charge in [0.25, 0.3) is 0 Å². The third kappa shape index (κ3) is 5.28. The fraction of sp³-hybridized carbons (Fsp3) is 0.0909. The molecule has 0 fully saturated rings. The number of hydrogen-bond donors (Lipinski definition) is 1. The van der Waals surface area contributed by atoms with Gasteiger partial charge >= 0.3 is 11.8 Å². The molecular weight excluding hydrogens is 404 g/mol. The summed E-state index contributed by atoms with van der Waals surface area (Å²) in [5, 5.41) is 2.68. The maximum absolute atomic E-state index is 12.9. The molecule has 3 rings (SSSR count). The normalized spacial score (nSPS) is 10.3. The molecule has 136 valence electrons. The minimum Gasteiger partial charge on any atom is -0.326 e. The Morgan fingerprint density at radius 1 is 0.741 bits per heavy atom. The summed E-state index contributed by atoms with van der Waals surface area (Å²) >= 11 is 3.38. The quantitative estimate of drug-likeness (QED) is 0.609. The highest BCUT2D eigenvalue weighted by Crippen LogP contribution is 2.21. The minimum absolute atomic E-state index is 0.359. The van der Waals surface area contributed by atoms with Gasteiger partial charge in [-0.1, -0.05) is 72.8 Å². The molecule has 0 aromatic heterocycles. The fourth-order valence-corrected chi connectivity index (χ4v) is 3.07. The third-order valence-corrected chi connectivity index (χ3v) is 4.73. The van der Waals surface area contributed by atoms with E-state index in [9.17, 15) is 9.59 Å². The molecule has 0 atom stereocenters. The van der Waals surface area contributed by atoms with Crippen LogP contribution in [0.4, 0.5) is 5.69 Å². The van der Waals surface area contributed by atoms with Gasteiger partial charge in [-0.15, -0.1) is 0 Å². The van der Waals surface area contributed by atoms with Crippen LogP contribution in [0.1, 0.15) is 11.1 Å². The van der Waals surface area contributed by atoms with Crippen molar-refractivity contribution >= 4 is 33.4 Å². The fourth-order valence-electron chi connectivity index (χ4n) is 2.69. The Kier molecular flexibility index (Phi) is 6.39. The van der Waals surface area contributed by atoms with Gasteiger partial charge in [-0.3, -0.25) is 9.59 Å². The highest BCUT2D eigenvalue weighted by Gasteiger charge is 2.23. The van der Waals surface area contributed by atoms with Crippen molar-refractivity contribution in [1.29, 1.82) is 0 Å². The smallest absolute Gasteiger partial charge is 0.313 e. The Bertz CT molecular complexity index is 872. The molecule has 5 heteroatoms. The van der Waals surface area contributed by atoms with Crippen LogP contribution in [0.5, 0.6) is 0 Å². The maximum atomic E-state index is 12.9. The van der Waals surface area contributed by atoms with Crippen LogP contribution in [0.3, 0.4) is 0 Å². The van der Waals surface area contributed by atoms with Crippen LogP contribution in [0.15, 0.2) is 89.4 Å². The molecule has 3 aromatic rings. The Hall–Kier alpha value is -2.92. The first-order valence-electron chi connectivity index (χ1n) is 8.56. The molecule has 0 aliphatic heterocycles. The van der Waals surface area contributed by atoms with Crippen LogP contribution in [0, 0.1) is 0 Å². The molecule has 0 saturated heterocycles. The molecule has 0 saturated carbocycles. The lowest BCUT2D eigenvalue weighted by molar-refractivity contribution is -0.144. The zero-order valence-corrected chi connectivity index (χ0v) is 16.2. The van der Waals surface area contributed by atoms with Crippen LogP contribution in [0.2, 0.25) is 0 Å². The first-order chi connectivity index (χ1) is 13.1. The molecular formula is C22H19BrN2O2. The number of nitrogens with one attached hydrogen (secondary N) is 1. The van der Waals surface area contributed by atoms with E-state index >= 15 is 0 Å². The van der Waals surface area contributed by atoms with E-state index in [4.69, 9.17) is 0 Å². The lowest BCUT2D eigenvalue weighted by Crippen LogP contribution is -2.39. The summed E-state index contributed by atoms with van der Waals surface area (Å²) in [5.74, 6) is -1.23. The molecule has 4 nitrogen and oxygen atoms in total. The van der Waals surface area contributed by atoms with Crippen LogP contribution in [-0.4, -0.2) is 16.7 Å². The summed E-state index contributed by atoms with van der Waals surface area (Å²) in [4.78, 5) is 27.0. The van der Waals surface area contributed by atoms with E-state index in [0.29, 0.717) is 18.8 Å². The van der Waals surface area contributed by atoms with E-state index in [1.807, 2.05) is 72.8 Å². The summed E-state index contributed by atoms with van der Waals surface area (Å²) in [6.45, 7) is 0.718. The Morgan fingerprint density at radius 2 is 1.22 bits per heavy atom. The second-order valence-corrected chi connectivity index (χ2v) is 6.92. The molecule has 1 N–H and O–H groups in total. The molecule has 0 unspecified atom stereocenters. The summed E-state index contributed by atoms with van der Waals surface area (Å²) in [5.41, 5.74) is 2.50. The second-order valence-electron chi connectivity index (χ2n) is 6.07. The number of para-hydroxylation sites is 1. The van der Waals surface area contributed by atoms with Crippen molar-refractivity contribution in [3.63, 3.8) is 0 Å². The molecule has 0 radical (unpaired) electrons. The number of rotatable bonds is 5.